The Morgan fingerprint density at radius 1 is 0.872 bits per heavy atom. The van der Waals surface area contributed by atoms with Crippen LogP contribution in [-0.2, 0) is 26.3 Å². The highest BCUT2D eigenvalue weighted by molar-refractivity contribution is 6.03. The van der Waals surface area contributed by atoms with Crippen molar-refractivity contribution in [3.05, 3.63) is 108 Å². The van der Waals surface area contributed by atoms with Gasteiger partial charge in [-0.15, -0.1) is 0 Å². The number of aromatic nitrogens is 1. The van der Waals surface area contributed by atoms with Gasteiger partial charge in [0.1, 0.15) is 12.3 Å². The first-order valence-electron chi connectivity index (χ1n) is 12.7. The predicted molar refractivity (Wildman–Crippen MR) is 148 cm³/mol. The van der Waals surface area contributed by atoms with Crippen LogP contribution < -0.4 is 5.32 Å². The lowest BCUT2D eigenvalue weighted by Gasteiger charge is -2.13. The first kappa shape index (κ1) is 24.4. The van der Waals surface area contributed by atoms with Gasteiger partial charge in [0.15, 0.2) is 5.76 Å². The molecule has 3 aromatic carbocycles. The van der Waals surface area contributed by atoms with Gasteiger partial charge in [0.2, 0.25) is 5.71 Å². The third-order valence-electron chi connectivity index (χ3n) is 7.15. The quantitative estimate of drug-likeness (QED) is 0.231. The molecule has 1 N–H and O–H groups in total. The molecule has 7 heteroatoms. The van der Waals surface area contributed by atoms with Crippen LogP contribution in [0.4, 0.5) is 10.5 Å². The minimum atomic E-state index is -0.580. The van der Waals surface area contributed by atoms with E-state index in [1.165, 1.54) is 7.11 Å². The van der Waals surface area contributed by atoms with E-state index in [0.29, 0.717) is 22.5 Å². The zero-order valence-corrected chi connectivity index (χ0v) is 21.3. The lowest BCUT2D eigenvalue weighted by atomic mass is 9.93. The van der Waals surface area contributed by atoms with E-state index >= 15 is 0 Å². The fourth-order valence-corrected chi connectivity index (χ4v) is 4.85. The largest absolute Gasteiger partial charge is 0.468 e. The molecule has 5 aromatic rings. The summed E-state index contributed by atoms with van der Waals surface area (Å²) in [5.41, 5.74) is 5.15. The molecule has 1 aliphatic carbocycles. The molecular weight excluding hydrogens is 492 g/mol. The third kappa shape index (κ3) is 4.75. The van der Waals surface area contributed by atoms with Crippen molar-refractivity contribution in [1.29, 1.82) is 0 Å². The van der Waals surface area contributed by atoms with Crippen LogP contribution in [0.15, 0.2) is 102 Å². The van der Waals surface area contributed by atoms with Gasteiger partial charge in [0.25, 0.3) is 0 Å². The van der Waals surface area contributed by atoms with Gasteiger partial charge in [0, 0.05) is 11.8 Å². The average Bonchev–Trinajstić information content (AvgIpc) is 3.73. The van der Waals surface area contributed by atoms with Crippen LogP contribution in [0.1, 0.15) is 24.0 Å². The number of esters is 1. The van der Waals surface area contributed by atoms with Crippen LogP contribution in [0.3, 0.4) is 0 Å². The fraction of sp³-hybridized carbons (Fsp3) is 0.156. The Bertz CT molecular complexity index is 1640. The number of fused-ring (bicyclic) bond motifs is 1. The maximum Gasteiger partial charge on any atom is 0.412 e. The number of amides is 1. The van der Waals surface area contributed by atoms with E-state index in [1.54, 1.807) is 12.3 Å². The number of furan rings is 1. The Hall–Kier alpha value is -4.91. The van der Waals surface area contributed by atoms with Gasteiger partial charge < -0.3 is 13.9 Å². The summed E-state index contributed by atoms with van der Waals surface area (Å²) in [5, 5.41) is 3.54. The van der Waals surface area contributed by atoms with Gasteiger partial charge in [-0.05, 0) is 47.2 Å². The van der Waals surface area contributed by atoms with Crippen molar-refractivity contribution in [2.75, 3.05) is 12.4 Å². The minimum absolute atomic E-state index is 0.157. The molecule has 0 radical (unpaired) electrons. The summed E-state index contributed by atoms with van der Waals surface area (Å²) in [6.45, 7) is 0.157. The highest BCUT2D eigenvalue weighted by Crippen LogP contribution is 2.49. The minimum Gasteiger partial charge on any atom is -0.468 e. The molecule has 39 heavy (non-hydrogen) atoms. The van der Waals surface area contributed by atoms with Crippen LogP contribution in [0.2, 0.25) is 0 Å². The molecule has 1 saturated carbocycles. The predicted octanol–water partition coefficient (Wildman–Crippen LogP) is 7.12. The van der Waals surface area contributed by atoms with E-state index in [0.717, 1.165) is 40.7 Å². The molecule has 6 rings (SSSR count). The first-order chi connectivity index (χ1) is 19.1. The number of hydrogen-bond donors (Lipinski definition) is 1. The number of carbonyl (C=O) groups is 2. The third-order valence-corrected chi connectivity index (χ3v) is 7.15. The molecule has 2 heterocycles. The highest BCUT2D eigenvalue weighted by atomic mass is 16.5. The molecule has 7 nitrogen and oxygen atoms in total. The van der Waals surface area contributed by atoms with Gasteiger partial charge in [0.05, 0.1) is 17.9 Å². The number of nitrogens with zero attached hydrogens (tertiary/aromatic N) is 1. The van der Waals surface area contributed by atoms with Gasteiger partial charge in [-0.3, -0.25) is 10.1 Å². The number of methoxy groups -OCH3 is 1. The smallest absolute Gasteiger partial charge is 0.412 e. The van der Waals surface area contributed by atoms with Gasteiger partial charge in [-0.2, -0.15) is 0 Å². The molecule has 0 saturated heterocycles. The highest BCUT2D eigenvalue weighted by Gasteiger charge is 2.52. The monoisotopic (exact) mass is 518 g/mol. The number of pyridine rings is 1. The molecular formula is C32H26N2O5. The Balaban J connectivity index is 1.24. The second kappa shape index (κ2) is 10.1. The van der Waals surface area contributed by atoms with Crippen LogP contribution in [-0.4, -0.2) is 24.2 Å². The summed E-state index contributed by atoms with van der Waals surface area (Å²) >= 11 is 0. The van der Waals surface area contributed by atoms with Crippen LogP contribution in [0, 0.1) is 0 Å². The van der Waals surface area contributed by atoms with Crippen LogP contribution in [0.25, 0.3) is 33.6 Å². The molecule has 0 atom stereocenters. The van der Waals surface area contributed by atoms with Crippen molar-refractivity contribution in [3.8, 4) is 22.5 Å². The van der Waals surface area contributed by atoms with E-state index in [4.69, 9.17) is 13.9 Å². The number of hydrogen-bond acceptors (Lipinski definition) is 6. The normalized spacial score (nSPS) is 13.6. The molecule has 2 aromatic heterocycles. The van der Waals surface area contributed by atoms with Crippen LogP contribution >= 0.6 is 0 Å². The second-order valence-corrected chi connectivity index (χ2v) is 9.58. The summed E-state index contributed by atoms with van der Waals surface area (Å²) in [6.07, 6.45) is 2.70. The molecule has 0 bridgehead atoms. The van der Waals surface area contributed by atoms with Crippen molar-refractivity contribution in [3.63, 3.8) is 0 Å². The van der Waals surface area contributed by atoms with Crippen molar-refractivity contribution in [1.82, 2.24) is 4.98 Å². The summed E-state index contributed by atoms with van der Waals surface area (Å²) in [5.74, 6) is 0.323. The van der Waals surface area contributed by atoms with Crippen molar-refractivity contribution < 1.29 is 23.5 Å². The summed E-state index contributed by atoms with van der Waals surface area (Å²) in [7, 11) is 1.44. The van der Waals surface area contributed by atoms with Gasteiger partial charge >= 0.3 is 12.1 Å². The summed E-state index contributed by atoms with van der Waals surface area (Å²) in [6, 6.07) is 29.1. The van der Waals surface area contributed by atoms with E-state index in [-0.39, 0.29) is 12.6 Å². The summed E-state index contributed by atoms with van der Waals surface area (Å²) < 4.78 is 16.5. The van der Waals surface area contributed by atoms with Crippen LogP contribution in [0.5, 0.6) is 0 Å². The Labute approximate surface area is 225 Å². The molecule has 194 valence electrons. The van der Waals surface area contributed by atoms with Crippen molar-refractivity contribution in [2.45, 2.75) is 24.9 Å². The lowest BCUT2D eigenvalue weighted by molar-refractivity contribution is -0.143. The zero-order valence-electron chi connectivity index (χ0n) is 21.3. The number of benzene rings is 3. The van der Waals surface area contributed by atoms with E-state index < -0.39 is 11.5 Å². The average molecular weight is 519 g/mol. The second-order valence-electron chi connectivity index (χ2n) is 9.58. The van der Waals surface area contributed by atoms with Gasteiger partial charge in [-0.1, -0.05) is 78.9 Å². The SMILES string of the molecule is COC(=O)C1(c2ccc(-c3ccc(-c4oc5ncccc5c4NC(=O)OCc4ccccc4)cc3)cc2)CC1. The molecule has 1 amide bonds. The molecule has 0 spiro atoms. The topological polar surface area (TPSA) is 90.7 Å². The van der Waals surface area contributed by atoms with E-state index in [9.17, 15) is 9.59 Å². The molecule has 0 unspecified atom stereocenters. The number of rotatable bonds is 7. The number of carbonyl (C=O) groups excluding carboxylic acids is 2. The maximum atomic E-state index is 12.7. The Morgan fingerprint density at radius 3 is 2.21 bits per heavy atom. The Morgan fingerprint density at radius 2 is 1.54 bits per heavy atom. The molecule has 1 fully saturated rings. The molecule has 0 aliphatic heterocycles. The fourth-order valence-electron chi connectivity index (χ4n) is 4.85. The van der Waals surface area contributed by atoms with Crippen molar-refractivity contribution >= 4 is 28.8 Å². The van der Waals surface area contributed by atoms with E-state index in [1.807, 2.05) is 84.9 Å². The number of anilines is 1. The number of ether oxygens (including phenoxy) is 2. The van der Waals surface area contributed by atoms with Crippen molar-refractivity contribution in [2.24, 2.45) is 0 Å². The lowest BCUT2D eigenvalue weighted by Crippen LogP contribution is -2.21. The maximum absolute atomic E-state index is 12.7. The zero-order chi connectivity index (χ0) is 26.8. The molecule has 1 aliphatic rings. The van der Waals surface area contributed by atoms with E-state index in [2.05, 4.69) is 10.3 Å². The standard InChI is InChI=1S/C32H26N2O5/c1-37-30(35)32(17-18-32)25-15-13-23(14-16-25)22-9-11-24(12-10-22)28-27(26-8-5-19-33-29(26)39-28)34-31(36)38-20-21-6-3-2-4-7-21/h2-16,19H,17-18,20H2,1H3,(H,34,36). The summed E-state index contributed by atoms with van der Waals surface area (Å²) in [4.78, 5) is 29.2. The first-order valence-corrected chi connectivity index (χ1v) is 12.7. The Kier molecular flexibility index (Phi) is 6.32. The number of nitrogens with one attached hydrogen (secondary N) is 1. The van der Waals surface area contributed by atoms with Gasteiger partial charge in [-0.25, -0.2) is 9.78 Å².